The first-order valence-corrected chi connectivity index (χ1v) is 12.1. The van der Waals surface area contributed by atoms with E-state index in [1.54, 1.807) is 0 Å². The lowest BCUT2D eigenvalue weighted by atomic mass is 10.1. The molecule has 5 nitrogen and oxygen atoms in total. The van der Waals surface area contributed by atoms with Crippen molar-refractivity contribution in [3.05, 3.63) is 12.2 Å². The summed E-state index contributed by atoms with van der Waals surface area (Å²) < 4.78 is 11.0. The molecule has 1 aliphatic heterocycles. The number of hydrogen-bond acceptors (Lipinski definition) is 5. The maximum absolute atomic E-state index is 9.83. The fraction of sp³-hybridized carbons (Fsp3) is 0.917. The molecule has 1 saturated heterocycles. The summed E-state index contributed by atoms with van der Waals surface area (Å²) >= 11 is 0. The van der Waals surface area contributed by atoms with E-state index in [0.29, 0.717) is 6.61 Å². The Balaban J connectivity index is 1.84. The average molecular weight is 415 g/mol. The van der Waals surface area contributed by atoms with Gasteiger partial charge in [0.15, 0.2) is 0 Å². The Hall–Kier alpha value is -0.460. The summed E-state index contributed by atoms with van der Waals surface area (Å²) in [4.78, 5) is 0. The number of aliphatic hydroxyl groups is 3. The van der Waals surface area contributed by atoms with Crippen molar-refractivity contribution in [2.45, 2.75) is 121 Å². The molecule has 0 spiro atoms. The van der Waals surface area contributed by atoms with Crippen LogP contribution in [0.2, 0.25) is 0 Å². The zero-order valence-electron chi connectivity index (χ0n) is 18.6. The molecule has 0 amide bonds. The minimum atomic E-state index is -0.978. The van der Waals surface area contributed by atoms with Gasteiger partial charge in [-0.25, -0.2) is 0 Å². The molecule has 172 valence electrons. The lowest BCUT2D eigenvalue weighted by Gasteiger charge is -2.24. The van der Waals surface area contributed by atoms with Crippen LogP contribution in [0.4, 0.5) is 0 Å². The number of allylic oxidation sites excluding steroid dienone is 2. The average Bonchev–Trinajstić information content (AvgIpc) is 3.06. The summed E-state index contributed by atoms with van der Waals surface area (Å²) in [7, 11) is 0. The molecule has 0 unspecified atom stereocenters. The third-order valence-electron chi connectivity index (χ3n) is 5.72. The number of rotatable bonds is 19. The van der Waals surface area contributed by atoms with E-state index < -0.39 is 24.4 Å². The van der Waals surface area contributed by atoms with Gasteiger partial charge >= 0.3 is 0 Å². The van der Waals surface area contributed by atoms with Crippen LogP contribution >= 0.6 is 0 Å². The van der Waals surface area contributed by atoms with Crippen molar-refractivity contribution in [1.29, 1.82) is 0 Å². The zero-order chi connectivity index (χ0) is 21.2. The van der Waals surface area contributed by atoms with E-state index in [4.69, 9.17) is 9.47 Å². The van der Waals surface area contributed by atoms with Crippen LogP contribution in [0.1, 0.15) is 96.8 Å². The first kappa shape index (κ1) is 26.6. The van der Waals surface area contributed by atoms with E-state index in [9.17, 15) is 15.3 Å². The minimum absolute atomic E-state index is 0.0987. The number of unbranched alkanes of at least 4 members (excludes halogenated alkanes) is 12. The Morgan fingerprint density at radius 1 is 0.862 bits per heavy atom. The maximum atomic E-state index is 9.83. The van der Waals surface area contributed by atoms with Gasteiger partial charge in [-0.05, 0) is 32.1 Å². The van der Waals surface area contributed by atoms with Crippen LogP contribution in [0, 0.1) is 0 Å². The van der Waals surface area contributed by atoms with E-state index >= 15 is 0 Å². The summed E-state index contributed by atoms with van der Waals surface area (Å²) in [6.45, 7) is 2.70. The van der Waals surface area contributed by atoms with Crippen molar-refractivity contribution in [1.82, 2.24) is 0 Å². The lowest BCUT2D eigenvalue weighted by molar-refractivity contribution is -0.101. The van der Waals surface area contributed by atoms with Crippen molar-refractivity contribution >= 4 is 0 Å². The van der Waals surface area contributed by atoms with E-state index in [-0.39, 0.29) is 13.2 Å². The van der Waals surface area contributed by atoms with Crippen molar-refractivity contribution in [2.24, 2.45) is 0 Å². The second-order valence-electron chi connectivity index (χ2n) is 8.39. The molecule has 1 rings (SSSR count). The molecular formula is C24H46O5. The largest absolute Gasteiger partial charge is 0.394 e. The molecule has 4 atom stereocenters. The van der Waals surface area contributed by atoms with E-state index in [2.05, 4.69) is 19.1 Å². The quantitative estimate of drug-likeness (QED) is 0.214. The molecule has 1 fully saturated rings. The second kappa shape index (κ2) is 18.3. The van der Waals surface area contributed by atoms with E-state index in [0.717, 1.165) is 12.8 Å². The molecule has 29 heavy (non-hydrogen) atoms. The van der Waals surface area contributed by atoms with Crippen LogP contribution in [-0.2, 0) is 9.47 Å². The van der Waals surface area contributed by atoms with Crippen LogP contribution < -0.4 is 0 Å². The molecule has 0 aromatic heterocycles. The first-order valence-electron chi connectivity index (χ1n) is 12.1. The van der Waals surface area contributed by atoms with Gasteiger partial charge in [-0.2, -0.15) is 0 Å². The standard InChI is InChI=1S/C24H46O5/c1-2-3-4-5-6-7-8-9-10-11-12-13-14-15-16-17-18-28-22(19-25)24-23(27)21(26)20-29-24/h6-7,21-27H,2-5,8-20H2,1H3/b7-6+/t21-,22+,23-,24-/m0/s1. The molecule has 0 aromatic carbocycles. The second-order valence-corrected chi connectivity index (χ2v) is 8.39. The predicted octanol–water partition coefficient (Wildman–Crippen LogP) is 4.52. The number of ether oxygens (including phenoxy) is 2. The number of hydrogen-bond donors (Lipinski definition) is 3. The van der Waals surface area contributed by atoms with Crippen molar-refractivity contribution < 1.29 is 24.8 Å². The zero-order valence-corrected chi connectivity index (χ0v) is 18.6. The fourth-order valence-corrected chi connectivity index (χ4v) is 3.79. The van der Waals surface area contributed by atoms with E-state index in [1.165, 1.54) is 77.0 Å². The van der Waals surface area contributed by atoms with Crippen molar-refractivity contribution in [3.8, 4) is 0 Å². The predicted molar refractivity (Wildman–Crippen MR) is 118 cm³/mol. The van der Waals surface area contributed by atoms with E-state index in [1.807, 2.05) is 0 Å². The third kappa shape index (κ3) is 12.7. The number of aliphatic hydroxyl groups excluding tert-OH is 3. The Labute approximate surface area is 178 Å². The Kier molecular flexibility index (Phi) is 16.8. The third-order valence-corrected chi connectivity index (χ3v) is 5.72. The Bertz CT molecular complexity index is 387. The van der Waals surface area contributed by atoms with Gasteiger partial charge in [-0.1, -0.05) is 76.9 Å². The maximum Gasteiger partial charge on any atom is 0.114 e. The van der Waals surface area contributed by atoms with Gasteiger partial charge < -0.3 is 24.8 Å². The highest BCUT2D eigenvalue weighted by atomic mass is 16.6. The van der Waals surface area contributed by atoms with Crippen LogP contribution in [0.3, 0.4) is 0 Å². The SMILES string of the molecule is CCCCC/C=C/CCCCCCCCCCCO[C@H](CO)[C@@H]1OC[C@H](O)[C@@H]1O. The van der Waals surface area contributed by atoms with Gasteiger partial charge in [0, 0.05) is 6.61 Å². The Morgan fingerprint density at radius 2 is 1.41 bits per heavy atom. The van der Waals surface area contributed by atoms with Crippen molar-refractivity contribution in [2.75, 3.05) is 19.8 Å². The Morgan fingerprint density at radius 3 is 1.93 bits per heavy atom. The topological polar surface area (TPSA) is 79.2 Å². The minimum Gasteiger partial charge on any atom is -0.394 e. The monoisotopic (exact) mass is 414 g/mol. The lowest BCUT2D eigenvalue weighted by Crippen LogP contribution is -2.42. The smallest absolute Gasteiger partial charge is 0.114 e. The van der Waals surface area contributed by atoms with Crippen molar-refractivity contribution in [3.63, 3.8) is 0 Å². The first-order chi connectivity index (χ1) is 14.2. The van der Waals surface area contributed by atoms with Crippen LogP contribution in [0.5, 0.6) is 0 Å². The van der Waals surface area contributed by atoms with Gasteiger partial charge in [0.1, 0.15) is 24.4 Å². The van der Waals surface area contributed by atoms with Gasteiger partial charge in [0.25, 0.3) is 0 Å². The summed E-state index contributed by atoms with van der Waals surface area (Å²) in [5, 5.41) is 28.8. The molecule has 0 bridgehead atoms. The van der Waals surface area contributed by atoms with Gasteiger partial charge in [-0.15, -0.1) is 0 Å². The molecule has 3 N–H and O–H groups in total. The van der Waals surface area contributed by atoms with Gasteiger partial charge in [0.05, 0.1) is 13.2 Å². The van der Waals surface area contributed by atoms with Crippen LogP contribution in [-0.4, -0.2) is 59.6 Å². The highest BCUT2D eigenvalue weighted by Crippen LogP contribution is 2.20. The molecule has 1 aliphatic rings. The van der Waals surface area contributed by atoms with Crippen LogP contribution in [0.25, 0.3) is 0 Å². The molecule has 0 aliphatic carbocycles. The summed E-state index contributed by atoms with van der Waals surface area (Å²) in [5.41, 5.74) is 0. The molecule has 5 heteroatoms. The molecular weight excluding hydrogens is 368 g/mol. The van der Waals surface area contributed by atoms with Gasteiger partial charge in [0.2, 0.25) is 0 Å². The highest BCUT2D eigenvalue weighted by Gasteiger charge is 2.40. The highest BCUT2D eigenvalue weighted by molar-refractivity contribution is 4.88. The molecule has 0 aromatic rings. The molecule has 1 heterocycles. The fourth-order valence-electron chi connectivity index (χ4n) is 3.79. The molecule has 0 saturated carbocycles. The van der Waals surface area contributed by atoms with Crippen LogP contribution in [0.15, 0.2) is 12.2 Å². The summed E-state index contributed by atoms with van der Waals surface area (Å²) in [6, 6.07) is 0. The normalized spacial score (nSPS) is 23.2. The molecule has 0 radical (unpaired) electrons. The summed E-state index contributed by atoms with van der Waals surface area (Å²) in [5.74, 6) is 0. The summed E-state index contributed by atoms with van der Waals surface area (Å²) in [6.07, 6.45) is 19.4. The van der Waals surface area contributed by atoms with Gasteiger partial charge in [-0.3, -0.25) is 0 Å².